The predicted octanol–water partition coefficient (Wildman–Crippen LogP) is 1.85. The van der Waals surface area contributed by atoms with Crippen LogP contribution in [0.1, 0.15) is 20.8 Å². The van der Waals surface area contributed by atoms with E-state index in [1.807, 2.05) is 11.8 Å². The summed E-state index contributed by atoms with van der Waals surface area (Å²) in [6, 6.07) is 0. The average Bonchev–Trinajstić information content (AvgIpc) is 2.13. The lowest BCUT2D eigenvalue weighted by atomic mass is 10.2. The zero-order valence-corrected chi connectivity index (χ0v) is 9.98. The van der Waals surface area contributed by atoms with Gasteiger partial charge in [0, 0.05) is 25.4 Å². The smallest absolute Gasteiger partial charge is 0.302 e. The minimum absolute atomic E-state index is 0.212. The fourth-order valence-corrected chi connectivity index (χ4v) is 2.41. The quantitative estimate of drug-likeness (QED) is 0.657. The van der Waals surface area contributed by atoms with Gasteiger partial charge in [0.2, 0.25) is 0 Å². The maximum atomic E-state index is 10.7. The Hall–Kier alpha value is -0.640. The van der Waals surface area contributed by atoms with Gasteiger partial charge in [-0.15, -0.1) is 11.8 Å². The third-order valence-electron chi connectivity index (χ3n) is 2.53. The molecule has 0 aromatic carbocycles. The molecule has 0 N–H and O–H groups in total. The van der Waals surface area contributed by atoms with Gasteiger partial charge in [0.15, 0.2) is 0 Å². The van der Waals surface area contributed by atoms with E-state index < -0.39 is 0 Å². The third kappa shape index (κ3) is 2.67. The molecule has 0 aromatic heterocycles. The summed E-state index contributed by atoms with van der Waals surface area (Å²) >= 11 is 1.87. The molecule has 1 unspecified atom stereocenters. The van der Waals surface area contributed by atoms with Crippen molar-refractivity contribution in [1.29, 1.82) is 0 Å². The summed E-state index contributed by atoms with van der Waals surface area (Å²) in [4.78, 5) is 12.9. The van der Waals surface area contributed by atoms with Gasteiger partial charge < -0.3 is 9.64 Å². The zero-order chi connectivity index (χ0) is 10.7. The Kier molecular flexibility index (Phi) is 3.86. The Morgan fingerprint density at radius 2 is 2.36 bits per heavy atom. The first-order chi connectivity index (χ1) is 6.52. The molecule has 1 atom stereocenters. The summed E-state index contributed by atoms with van der Waals surface area (Å²) in [5.41, 5.74) is 2.45. The van der Waals surface area contributed by atoms with Crippen molar-refractivity contribution in [3.8, 4) is 0 Å². The predicted molar refractivity (Wildman–Crippen MR) is 59.0 cm³/mol. The van der Waals surface area contributed by atoms with Crippen molar-refractivity contribution in [3.63, 3.8) is 0 Å². The van der Waals surface area contributed by atoms with Crippen LogP contribution in [0.15, 0.2) is 11.3 Å². The van der Waals surface area contributed by atoms with Gasteiger partial charge in [-0.3, -0.25) is 4.79 Å². The zero-order valence-electron chi connectivity index (χ0n) is 9.16. The normalized spacial score (nSPS) is 22.6. The Morgan fingerprint density at radius 3 is 2.93 bits per heavy atom. The van der Waals surface area contributed by atoms with Crippen LogP contribution in [0, 0.1) is 0 Å². The molecule has 0 aliphatic carbocycles. The molecule has 0 aromatic rings. The second-order valence-corrected chi connectivity index (χ2v) is 4.79. The lowest BCUT2D eigenvalue weighted by Crippen LogP contribution is -2.31. The van der Waals surface area contributed by atoms with E-state index in [1.54, 1.807) is 0 Å². The van der Waals surface area contributed by atoms with Crippen LogP contribution in [0.2, 0.25) is 0 Å². The second-order valence-electron chi connectivity index (χ2n) is 3.49. The van der Waals surface area contributed by atoms with Crippen LogP contribution in [0.4, 0.5) is 0 Å². The first-order valence-corrected chi connectivity index (χ1v) is 5.73. The molecule has 0 bridgehead atoms. The van der Waals surface area contributed by atoms with Crippen LogP contribution >= 0.6 is 11.8 Å². The van der Waals surface area contributed by atoms with E-state index in [0.717, 1.165) is 5.75 Å². The average molecular weight is 215 g/mol. The molecule has 0 radical (unpaired) electrons. The van der Waals surface area contributed by atoms with Gasteiger partial charge in [-0.05, 0) is 19.4 Å². The first kappa shape index (κ1) is 11.4. The van der Waals surface area contributed by atoms with Crippen LogP contribution in [0.5, 0.6) is 0 Å². The van der Waals surface area contributed by atoms with Crippen molar-refractivity contribution in [3.05, 3.63) is 11.3 Å². The minimum atomic E-state index is -0.212. The van der Waals surface area contributed by atoms with Crippen LogP contribution in [0.3, 0.4) is 0 Å². The number of hydrogen-bond acceptors (Lipinski definition) is 4. The topological polar surface area (TPSA) is 29.5 Å². The van der Waals surface area contributed by atoms with E-state index in [9.17, 15) is 4.79 Å². The van der Waals surface area contributed by atoms with Crippen molar-refractivity contribution in [2.24, 2.45) is 0 Å². The molecule has 0 spiro atoms. The molecular weight excluding hydrogens is 198 g/mol. The summed E-state index contributed by atoms with van der Waals surface area (Å²) in [5, 5.41) is 0.510. The molecule has 4 heteroatoms. The molecule has 1 heterocycles. The fraction of sp³-hybridized carbons (Fsp3) is 0.700. The van der Waals surface area contributed by atoms with Gasteiger partial charge >= 0.3 is 5.97 Å². The third-order valence-corrected chi connectivity index (χ3v) is 3.85. The molecule has 0 saturated carbocycles. The number of esters is 1. The summed E-state index contributed by atoms with van der Waals surface area (Å²) in [6.07, 6.45) is 0. The van der Waals surface area contributed by atoms with Crippen molar-refractivity contribution in [1.82, 2.24) is 4.90 Å². The monoisotopic (exact) mass is 215 g/mol. The van der Waals surface area contributed by atoms with Crippen molar-refractivity contribution in [2.75, 3.05) is 19.4 Å². The molecule has 1 rings (SSSR count). The van der Waals surface area contributed by atoms with Crippen molar-refractivity contribution in [2.45, 2.75) is 26.1 Å². The molecule has 0 fully saturated rings. The Bertz CT molecular complexity index is 263. The molecule has 0 amide bonds. The summed E-state index contributed by atoms with van der Waals surface area (Å²) in [7, 11) is 2.07. The first-order valence-electron chi connectivity index (χ1n) is 4.68. The lowest BCUT2D eigenvalue weighted by molar-refractivity contribution is -0.140. The number of nitrogens with zero attached hydrogens (tertiary/aromatic N) is 1. The van der Waals surface area contributed by atoms with Gasteiger partial charge in [-0.2, -0.15) is 0 Å². The molecule has 3 nitrogen and oxygen atoms in total. The summed E-state index contributed by atoms with van der Waals surface area (Å²) < 4.78 is 5.00. The highest BCUT2D eigenvalue weighted by Gasteiger charge is 2.20. The number of hydrogen-bond donors (Lipinski definition) is 0. The van der Waals surface area contributed by atoms with Crippen LogP contribution in [0.25, 0.3) is 0 Å². The van der Waals surface area contributed by atoms with Gasteiger partial charge in [0.1, 0.15) is 6.61 Å². The highest BCUT2D eigenvalue weighted by molar-refractivity contribution is 8.00. The largest absolute Gasteiger partial charge is 0.461 e. The van der Waals surface area contributed by atoms with Gasteiger partial charge in [-0.25, -0.2) is 0 Å². The van der Waals surface area contributed by atoms with E-state index in [-0.39, 0.29) is 5.97 Å². The van der Waals surface area contributed by atoms with Crippen molar-refractivity contribution < 1.29 is 9.53 Å². The Morgan fingerprint density at radius 1 is 1.71 bits per heavy atom. The van der Waals surface area contributed by atoms with Gasteiger partial charge in [0.05, 0.1) is 5.37 Å². The molecule has 1 aliphatic heterocycles. The molecular formula is C10H17NO2S. The maximum absolute atomic E-state index is 10.7. The standard InChI is InChI=1S/C10H17NO2S/c1-7-10(5-13-9(3)12)6-14-8(2)11(7)4/h8H,5-6H2,1-4H3. The molecule has 0 saturated heterocycles. The van der Waals surface area contributed by atoms with Crippen LogP contribution in [-0.2, 0) is 9.53 Å². The maximum Gasteiger partial charge on any atom is 0.302 e. The van der Waals surface area contributed by atoms with Crippen molar-refractivity contribution >= 4 is 17.7 Å². The number of thioether (sulfide) groups is 1. The highest BCUT2D eigenvalue weighted by atomic mass is 32.2. The number of ether oxygens (including phenoxy) is 1. The van der Waals surface area contributed by atoms with E-state index in [4.69, 9.17) is 4.74 Å². The number of allylic oxidation sites excluding steroid dienone is 1. The van der Waals surface area contributed by atoms with Gasteiger partial charge in [-0.1, -0.05) is 0 Å². The van der Waals surface area contributed by atoms with E-state index in [2.05, 4.69) is 25.8 Å². The molecule has 1 aliphatic rings. The molecule has 14 heavy (non-hydrogen) atoms. The van der Waals surface area contributed by atoms with Crippen LogP contribution < -0.4 is 0 Å². The summed E-state index contributed by atoms with van der Waals surface area (Å²) in [6.45, 7) is 6.13. The SMILES string of the molecule is CC(=O)OCC1=C(C)N(C)C(C)SC1. The highest BCUT2D eigenvalue weighted by Crippen LogP contribution is 2.28. The Balaban J connectivity index is 2.63. The van der Waals surface area contributed by atoms with Crippen LogP contribution in [-0.4, -0.2) is 35.7 Å². The lowest BCUT2D eigenvalue weighted by Gasteiger charge is -2.33. The van der Waals surface area contributed by atoms with E-state index >= 15 is 0 Å². The van der Waals surface area contributed by atoms with E-state index in [0.29, 0.717) is 12.0 Å². The number of carbonyl (C=O) groups excluding carboxylic acids is 1. The molecule has 80 valence electrons. The fourth-order valence-electron chi connectivity index (χ4n) is 1.29. The number of rotatable bonds is 2. The minimum Gasteiger partial charge on any atom is -0.461 e. The summed E-state index contributed by atoms with van der Waals surface area (Å²) in [5.74, 6) is 0.751. The number of carbonyl (C=O) groups is 1. The Labute approximate surface area is 89.5 Å². The van der Waals surface area contributed by atoms with Gasteiger partial charge in [0.25, 0.3) is 0 Å². The second kappa shape index (κ2) is 4.73. The van der Waals surface area contributed by atoms with E-state index in [1.165, 1.54) is 18.2 Å².